The topological polar surface area (TPSA) is 0 Å². The molecule has 0 aromatic carbocycles. The van der Waals surface area contributed by atoms with Gasteiger partial charge in [0.1, 0.15) is 0 Å². The predicted octanol–water partition coefficient (Wildman–Crippen LogP) is 3.80. The maximum atomic E-state index is 6.01. The van der Waals surface area contributed by atoms with Crippen LogP contribution in [0.15, 0.2) is 20.9 Å². The first-order valence-electron chi connectivity index (χ1n) is 3.56. The van der Waals surface area contributed by atoms with E-state index in [1.165, 1.54) is 10.5 Å². The highest BCUT2D eigenvalue weighted by Crippen LogP contribution is 2.55. The standard InChI is InChI=1S/C8H9ClS2/c1-4-3-6-5(2)7(9)11-8(6)10-4/h3,6,8H,1-2H3. The summed E-state index contributed by atoms with van der Waals surface area (Å²) in [6.45, 7) is 4.31. The van der Waals surface area contributed by atoms with Crippen LogP contribution in [0.25, 0.3) is 0 Å². The number of rotatable bonds is 0. The molecule has 0 radical (unpaired) electrons. The first kappa shape index (κ1) is 8.09. The molecule has 2 unspecified atom stereocenters. The molecule has 0 nitrogen and oxygen atoms in total. The Bertz CT molecular complexity index is 255. The molecule has 0 aliphatic carbocycles. The molecule has 0 aromatic rings. The van der Waals surface area contributed by atoms with Gasteiger partial charge in [-0.2, -0.15) is 0 Å². The summed E-state index contributed by atoms with van der Waals surface area (Å²) in [6.07, 6.45) is 2.33. The molecule has 3 heteroatoms. The Labute approximate surface area is 80.5 Å². The molecule has 0 bridgehead atoms. The van der Waals surface area contributed by atoms with Crippen LogP contribution in [0.1, 0.15) is 13.8 Å². The van der Waals surface area contributed by atoms with Crippen LogP contribution < -0.4 is 0 Å². The van der Waals surface area contributed by atoms with Gasteiger partial charge in [0.25, 0.3) is 0 Å². The molecular weight excluding hydrogens is 196 g/mol. The zero-order valence-corrected chi connectivity index (χ0v) is 8.82. The average molecular weight is 205 g/mol. The van der Waals surface area contributed by atoms with Crippen molar-refractivity contribution < 1.29 is 0 Å². The van der Waals surface area contributed by atoms with Crippen molar-refractivity contribution in [2.45, 2.75) is 18.4 Å². The predicted molar refractivity (Wildman–Crippen MR) is 54.8 cm³/mol. The van der Waals surface area contributed by atoms with Crippen molar-refractivity contribution in [2.24, 2.45) is 5.92 Å². The summed E-state index contributed by atoms with van der Waals surface area (Å²) in [5.74, 6) is 0.609. The molecule has 0 amide bonds. The van der Waals surface area contributed by atoms with Crippen molar-refractivity contribution in [1.82, 2.24) is 0 Å². The van der Waals surface area contributed by atoms with Crippen LogP contribution in [0.2, 0.25) is 0 Å². The molecule has 0 saturated heterocycles. The van der Waals surface area contributed by atoms with Gasteiger partial charge in [0.15, 0.2) is 0 Å². The molecule has 0 saturated carbocycles. The fraction of sp³-hybridized carbons (Fsp3) is 0.500. The molecule has 2 atom stereocenters. The molecule has 60 valence electrons. The smallest absolute Gasteiger partial charge is 0.0741 e. The minimum absolute atomic E-state index is 0.609. The second-order valence-corrected chi connectivity index (χ2v) is 6.30. The quantitative estimate of drug-likeness (QED) is 0.589. The second-order valence-electron chi connectivity index (χ2n) is 2.86. The Morgan fingerprint density at radius 2 is 2.09 bits per heavy atom. The maximum Gasteiger partial charge on any atom is 0.0741 e. The van der Waals surface area contributed by atoms with E-state index < -0.39 is 0 Å². The van der Waals surface area contributed by atoms with E-state index in [0.29, 0.717) is 10.5 Å². The normalized spacial score (nSPS) is 36.1. The van der Waals surface area contributed by atoms with Crippen molar-refractivity contribution in [3.8, 4) is 0 Å². The Morgan fingerprint density at radius 3 is 2.73 bits per heavy atom. The van der Waals surface area contributed by atoms with Gasteiger partial charge in [-0.15, -0.1) is 11.8 Å². The zero-order valence-electron chi connectivity index (χ0n) is 6.43. The van der Waals surface area contributed by atoms with Gasteiger partial charge >= 0.3 is 0 Å². The number of halogens is 1. The van der Waals surface area contributed by atoms with Crippen LogP contribution in [-0.2, 0) is 0 Å². The largest absolute Gasteiger partial charge is 0.115 e. The molecule has 0 aromatic heterocycles. The molecule has 0 spiro atoms. The Morgan fingerprint density at radius 1 is 1.36 bits per heavy atom. The van der Waals surface area contributed by atoms with E-state index in [1.807, 2.05) is 11.8 Å². The van der Waals surface area contributed by atoms with Gasteiger partial charge in [0, 0.05) is 5.92 Å². The van der Waals surface area contributed by atoms with Crippen LogP contribution in [0.5, 0.6) is 0 Å². The highest BCUT2D eigenvalue weighted by Gasteiger charge is 2.35. The van der Waals surface area contributed by atoms with Gasteiger partial charge in [-0.1, -0.05) is 29.4 Å². The number of fused-ring (bicyclic) bond motifs is 1. The molecule has 2 aliphatic heterocycles. The molecule has 2 heterocycles. The summed E-state index contributed by atoms with van der Waals surface area (Å²) >= 11 is 9.76. The monoisotopic (exact) mass is 204 g/mol. The minimum atomic E-state index is 0.609. The Balaban J connectivity index is 2.29. The minimum Gasteiger partial charge on any atom is -0.115 e. The Hall–Kier alpha value is 0.470. The van der Waals surface area contributed by atoms with Gasteiger partial charge in [-0.05, 0) is 24.3 Å². The van der Waals surface area contributed by atoms with Crippen LogP contribution in [0.4, 0.5) is 0 Å². The van der Waals surface area contributed by atoms with E-state index in [1.54, 1.807) is 11.8 Å². The van der Waals surface area contributed by atoms with Gasteiger partial charge in [-0.25, -0.2) is 0 Å². The molecular formula is C8H9ClS2. The lowest BCUT2D eigenvalue weighted by atomic mass is 10.0. The number of thioether (sulfide) groups is 2. The van der Waals surface area contributed by atoms with Crippen LogP contribution in [0, 0.1) is 5.92 Å². The molecule has 2 rings (SSSR count). The summed E-state index contributed by atoms with van der Waals surface area (Å²) in [6, 6.07) is 0. The SMILES string of the molecule is CC1=CC2C(C)=C(Cl)SC2S1. The van der Waals surface area contributed by atoms with Gasteiger partial charge in [0.05, 0.1) is 8.95 Å². The van der Waals surface area contributed by atoms with E-state index in [0.717, 1.165) is 4.36 Å². The second kappa shape index (κ2) is 2.75. The number of hydrogen-bond donors (Lipinski definition) is 0. The van der Waals surface area contributed by atoms with Gasteiger partial charge < -0.3 is 0 Å². The molecule has 0 N–H and O–H groups in total. The Kier molecular flexibility index (Phi) is 2.02. The van der Waals surface area contributed by atoms with Gasteiger partial charge in [-0.3, -0.25) is 0 Å². The fourth-order valence-electron chi connectivity index (χ4n) is 1.38. The third-order valence-electron chi connectivity index (χ3n) is 2.04. The summed E-state index contributed by atoms with van der Waals surface area (Å²) in [5.41, 5.74) is 1.35. The molecule has 11 heavy (non-hydrogen) atoms. The summed E-state index contributed by atoms with van der Waals surface area (Å²) in [5, 5.41) is 0. The van der Waals surface area contributed by atoms with Crippen molar-refractivity contribution in [2.75, 3.05) is 0 Å². The first-order valence-corrected chi connectivity index (χ1v) is 5.70. The van der Waals surface area contributed by atoms with Crippen LogP contribution in [-0.4, -0.2) is 4.58 Å². The highest BCUT2D eigenvalue weighted by molar-refractivity contribution is 8.21. The third kappa shape index (κ3) is 1.25. The van der Waals surface area contributed by atoms with Crippen molar-refractivity contribution >= 4 is 35.1 Å². The molecule has 0 fully saturated rings. The number of hydrogen-bond acceptors (Lipinski definition) is 2. The fourth-order valence-corrected chi connectivity index (χ4v) is 4.86. The summed E-state index contributed by atoms with van der Waals surface area (Å²) in [4.78, 5) is 1.44. The van der Waals surface area contributed by atoms with E-state index in [4.69, 9.17) is 11.6 Å². The summed E-state index contributed by atoms with van der Waals surface area (Å²) in [7, 11) is 0. The van der Waals surface area contributed by atoms with Crippen LogP contribution in [0.3, 0.4) is 0 Å². The third-order valence-corrected chi connectivity index (χ3v) is 5.27. The van der Waals surface area contributed by atoms with Crippen LogP contribution >= 0.6 is 35.1 Å². The molecule has 2 aliphatic rings. The van der Waals surface area contributed by atoms with E-state index in [2.05, 4.69) is 19.9 Å². The van der Waals surface area contributed by atoms with Crippen molar-refractivity contribution in [1.29, 1.82) is 0 Å². The van der Waals surface area contributed by atoms with Crippen molar-refractivity contribution in [3.63, 3.8) is 0 Å². The lowest BCUT2D eigenvalue weighted by molar-refractivity contribution is 0.872. The lowest BCUT2D eigenvalue weighted by Gasteiger charge is -2.06. The number of allylic oxidation sites excluding steroid dienone is 3. The van der Waals surface area contributed by atoms with Crippen molar-refractivity contribution in [3.05, 3.63) is 20.9 Å². The summed E-state index contributed by atoms with van der Waals surface area (Å²) < 4.78 is 1.65. The van der Waals surface area contributed by atoms with E-state index in [-0.39, 0.29) is 0 Å². The maximum absolute atomic E-state index is 6.01. The highest BCUT2D eigenvalue weighted by atomic mass is 35.5. The van der Waals surface area contributed by atoms with E-state index in [9.17, 15) is 0 Å². The lowest BCUT2D eigenvalue weighted by Crippen LogP contribution is -2.01. The first-order chi connectivity index (χ1) is 5.18. The van der Waals surface area contributed by atoms with E-state index >= 15 is 0 Å². The van der Waals surface area contributed by atoms with Gasteiger partial charge in [0.2, 0.25) is 0 Å². The average Bonchev–Trinajstić information content (AvgIpc) is 2.37. The zero-order chi connectivity index (χ0) is 8.01.